The number of carbonyl (C=O) groups is 1. The van der Waals surface area contributed by atoms with Crippen LogP contribution in [0.15, 0.2) is 42.5 Å². The van der Waals surface area contributed by atoms with Gasteiger partial charge in [-0.15, -0.1) is 0 Å². The molecular weight excluding hydrogens is 246 g/mol. The number of rotatable bonds is 3. The minimum absolute atomic E-state index is 0.575. The Bertz CT molecular complexity index is 561. The second-order valence-corrected chi connectivity index (χ2v) is 4.73. The Labute approximate surface area is 112 Å². The Kier molecular flexibility index (Phi) is 3.68. The van der Waals surface area contributed by atoms with Crippen LogP contribution in [0.2, 0.25) is 5.02 Å². The molecule has 0 amide bonds. The Balaban J connectivity index is 2.45. The van der Waals surface area contributed by atoms with E-state index in [0.29, 0.717) is 10.6 Å². The highest BCUT2D eigenvalue weighted by Crippen LogP contribution is 2.27. The topological polar surface area (TPSA) is 20.3 Å². The number of hydrogen-bond donors (Lipinski definition) is 0. The van der Waals surface area contributed by atoms with Crippen molar-refractivity contribution in [2.24, 2.45) is 0 Å². The Morgan fingerprint density at radius 1 is 1.06 bits per heavy atom. The van der Waals surface area contributed by atoms with Gasteiger partial charge in [-0.05, 0) is 35.4 Å². The van der Waals surface area contributed by atoms with Gasteiger partial charge in [-0.25, -0.2) is 0 Å². The van der Waals surface area contributed by atoms with Crippen LogP contribution in [-0.2, 0) is 0 Å². The number of halogens is 1. The number of nitrogens with zero attached hydrogens (tertiary/aromatic N) is 1. The zero-order valence-electron chi connectivity index (χ0n) is 10.4. The smallest absolute Gasteiger partial charge is 0.150 e. The summed E-state index contributed by atoms with van der Waals surface area (Å²) in [4.78, 5) is 13.1. The van der Waals surface area contributed by atoms with Gasteiger partial charge >= 0.3 is 0 Å². The minimum Gasteiger partial charge on any atom is -0.378 e. The standard InChI is InChI=1S/C15H14ClNO/c1-17(2)14-6-3-11(4-7-14)15-8-5-13(16)9-12(15)10-18/h3-10H,1-2H3. The lowest BCUT2D eigenvalue weighted by molar-refractivity contribution is 0.112. The third-order valence-corrected chi connectivity index (χ3v) is 3.07. The molecule has 0 N–H and O–H groups in total. The largest absolute Gasteiger partial charge is 0.378 e. The zero-order chi connectivity index (χ0) is 13.1. The molecule has 0 fully saturated rings. The molecule has 3 heteroatoms. The van der Waals surface area contributed by atoms with Gasteiger partial charge in [0.05, 0.1) is 0 Å². The number of aldehydes is 1. The third-order valence-electron chi connectivity index (χ3n) is 2.84. The summed E-state index contributed by atoms with van der Waals surface area (Å²) in [5, 5.41) is 0.575. The van der Waals surface area contributed by atoms with E-state index in [9.17, 15) is 4.79 Å². The molecular formula is C15H14ClNO. The van der Waals surface area contributed by atoms with E-state index >= 15 is 0 Å². The highest BCUT2D eigenvalue weighted by atomic mass is 35.5. The van der Waals surface area contributed by atoms with Crippen molar-refractivity contribution in [3.05, 3.63) is 53.1 Å². The van der Waals surface area contributed by atoms with E-state index in [-0.39, 0.29) is 0 Å². The number of carbonyl (C=O) groups excluding carboxylic acids is 1. The molecule has 0 atom stereocenters. The minimum atomic E-state index is 0.575. The zero-order valence-corrected chi connectivity index (χ0v) is 11.1. The summed E-state index contributed by atoms with van der Waals surface area (Å²) in [7, 11) is 3.99. The average Bonchev–Trinajstić information content (AvgIpc) is 2.38. The first-order valence-corrected chi connectivity index (χ1v) is 6.02. The molecule has 0 saturated heterocycles. The molecule has 0 aliphatic rings. The van der Waals surface area contributed by atoms with Gasteiger partial charge in [-0.2, -0.15) is 0 Å². The highest BCUT2D eigenvalue weighted by molar-refractivity contribution is 6.31. The number of anilines is 1. The van der Waals surface area contributed by atoms with Crippen LogP contribution in [0, 0.1) is 0 Å². The molecule has 18 heavy (non-hydrogen) atoms. The fourth-order valence-electron chi connectivity index (χ4n) is 1.83. The van der Waals surface area contributed by atoms with Gasteiger partial charge in [-0.3, -0.25) is 4.79 Å². The molecule has 2 aromatic rings. The summed E-state index contributed by atoms with van der Waals surface area (Å²) in [6.45, 7) is 0. The van der Waals surface area contributed by atoms with E-state index < -0.39 is 0 Å². The monoisotopic (exact) mass is 259 g/mol. The molecule has 0 spiro atoms. The van der Waals surface area contributed by atoms with Crippen LogP contribution in [0.3, 0.4) is 0 Å². The molecule has 0 bridgehead atoms. The molecule has 0 saturated carbocycles. The van der Waals surface area contributed by atoms with Crippen LogP contribution >= 0.6 is 11.6 Å². The predicted molar refractivity (Wildman–Crippen MR) is 76.6 cm³/mol. The van der Waals surface area contributed by atoms with Crippen molar-refractivity contribution < 1.29 is 4.79 Å². The predicted octanol–water partition coefficient (Wildman–Crippen LogP) is 3.89. The van der Waals surface area contributed by atoms with Gasteiger partial charge in [0.2, 0.25) is 0 Å². The lowest BCUT2D eigenvalue weighted by Gasteiger charge is -2.13. The fraction of sp³-hybridized carbons (Fsp3) is 0.133. The van der Waals surface area contributed by atoms with E-state index in [1.807, 2.05) is 49.3 Å². The van der Waals surface area contributed by atoms with Crippen LogP contribution < -0.4 is 4.90 Å². The van der Waals surface area contributed by atoms with Crippen LogP contribution in [-0.4, -0.2) is 20.4 Å². The van der Waals surface area contributed by atoms with Gasteiger partial charge in [0.25, 0.3) is 0 Å². The highest BCUT2D eigenvalue weighted by Gasteiger charge is 2.05. The second-order valence-electron chi connectivity index (χ2n) is 4.29. The quantitative estimate of drug-likeness (QED) is 0.780. The van der Waals surface area contributed by atoms with Gasteiger partial charge in [-0.1, -0.05) is 29.8 Å². The Morgan fingerprint density at radius 3 is 2.28 bits per heavy atom. The summed E-state index contributed by atoms with van der Waals surface area (Å²) in [6.07, 6.45) is 0.834. The summed E-state index contributed by atoms with van der Waals surface area (Å²) >= 11 is 5.88. The first-order valence-electron chi connectivity index (χ1n) is 5.64. The lowest BCUT2D eigenvalue weighted by atomic mass is 10.0. The molecule has 0 heterocycles. The van der Waals surface area contributed by atoms with Gasteiger partial charge < -0.3 is 4.90 Å². The SMILES string of the molecule is CN(C)c1ccc(-c2ccc(Cl)cc2C=O)cc1. The molecule has 0 radical (unpaired) electrons. The normalized spacial score (nSPS) is 10.2. The summed E-state index contributed by atoms with van der Waals surface area (Å²) in [5.41, 5.74) is 3.65. The molecule has 2 rings (SSSR count). The maximum atomic E-state index is 11.1. The Morgan fingerprint density at radius 2 is 1.72 bits per heavy atom. The maximum Gasteiger partial charge on any atom is 0.150 e. The molecule has 2 nitrogen and oxygen atoms in total. The van der Waals surface area contributed by atoms with Crippen LogP contribution in [0.1, 0.15) is 10.4 Å². The van der Waals surface area contributed by atoms with Crippen molar-refractivity contribution in [1.29, 1.82) is 0 Å². The summed E-state index contributed by atoms with van der Waals surface area (Å²) in [5.74, 6) is 0. The molecule has 0 aliphatic carbocycles. The van der Waals surface area contributed by atoms with Crippen molar-refractivity contribution in [3.8, 4) is 11.1 Å². The van der Waals surface area contributed by atoms with Crippen molar-refractivity contribution >= 4 is 23.6 Å². The summed E-state index contributed by atoms with van der Waals surface area (Å²) < 4.78 is 0. The van der Waals surface area contributed by atoms with Crippen LogP contribution in [0.25, 0.3) is 11.1 Å². The number of benzene rings is 2. The van der Waals surface area contributed by atoms with Crippen molar-refractivity contribution in [2.45, 2.75) is 0 Å². The molecule has 0 aliphatic heterocycles. The van der Waals surface area contributed by atoms with Crippen LogP contribution in [0.4, 0.5) is 5.69 Å². The maximum absolute atomic E-state index is 11.1. The fourth-order valence-corrected chi connectivity index (χ4v) is 2.01. The van der Waals surface area contributed by atoms with E-state index in [0.717, 1.165) is 23.1 Å². The first-order chi connectivity index (χ1) is 8.61. The van der Waals surface area contributed by atoms with Gasteiger partial charge in [0.1, 0.15) is 0 Å². The van der Waals surface area contributed by atoms with Crippen molar-refractivity contribution in [3.63, 3.8) is 0 Å². The van der Waals surface area contributed by atoms with Gasteiger partial charge in [0, 0.05) is 30.4 Å². The van der Waals surface area contributed by atoms with Gasteiger partial charge in [0.15, 0.2) is 6.29 Å². The summed E-state index contributed by atoms with van der Waals surface area (Å²) in [6, 6.07) is 13.4. The molecule has 2 aromatic carbocycles. The van der Waals surface area contributed by atoms with E-state index in [1.165, 1.54) is 0 Å². The van der Waals surface area contributed by atoms with E-state index in [4.69, 9.17) is 11.6 Å². The van der Waals surface area contributed by atoms with Crippen LogP contribution in [0.5, 0.6) is 0 Å². The lowest BCUT2D eigenvalue weighted by Crippen LogP contribution is -2.07. The van der Waals surface area contributed by atoms with E-state index in [1.54, 1.807) is 12.1 Å². The van der Waals surface area contributed by atoms with Crippen molar-refractivity contribution in [1.82, 2.24) is 0 Å². The third kappa shape index (κ3) is 2.54. The molecule has 0 unspecified atom stereocenters. The Hall–Kier alpha value is -1.80. The van der Waals surface area contributed by atoms with E-state index in [2.05, 4.69) is 0 Å². The molecule has 0 aromatic heterocycles. The first kappa shape index (κ1) is 12.7. The second kappa shape index (κ2) is 5.23. The average molecular weight is 260 g/mol. The number of hydrogen-bond acceptors (Lipinski definition) is 2. The molecule has 92 valence electrons. The van der Waals surface area contributed by atoms with Crippen molar-refractivity contribution in [2.75, 3.05) is 19.0 Å².